The first kappa shape index (κ1) is 21.8. The summed E-state index contributed by atoms with van der Waals surface area (Å²) in [4.78, 5) is 36.1. The van der Waals surface area contributed by atoms with Gasteiger partial charge in [0.05, 0.1) is 29.0 Å². The molecule has 0 aliphatic rings. The number of rotatable bonds is 6. The Hall–Kier alpha value is -3.39. The average molecular weight is 495 g/mol. The fourth-order valence-corrected chi connectivity index (χ4v) is 4.00. The molecule has 0 spiro atoms. The van der Waals surface area contributed by atoms with Crippen molar-refractivity contribution in [2.45, 2.75) is 19.0 Å². The lowest BCUT2D eigenvalue weighted by Crippen LogP contribution is -2.34. The lowest BCUT2D eigenvalue weighted by molar-refractivity contribution is -0.131. The average Bonchev–Trinajstić information content (AvgIpc) is 2.80. The molecule has 32 heavy (non-hydrogen) atoms. The highest BCUT2D eigenvalue weighted by Crippen LogP contribution is 2.27. The number of halogens is 2. The van der Waals surface area contributed by atoms with E-state index < -0.39 is 6.04 Å². The van der Waals surface area contributed by atoms with Crippen LogP contribution in [-0.4, -0.2) is 32.4 Å². The van der Waals surface area contributed by atoms with E-state index >= 15 is 0 Å². The first-order valence-corrected chi connectivity index (χ1v) is 10.8. The molecular formula is C24H20BrFN4O2. The van der Waals surface area contributed by atoms with Gasteiger partial charge in [-0.3, -0.25) is 19.1 Å². The Bertz CT molecular complexity index is 1330. The third kappa shape index (κ3) is 4.60. The first-order chi connectivity index (χ1) is 15.4. The van der Waals surface area contributed by atoms with E-state index in [1.165, 1.54) is 27.9 Å². The van der Waals surface area contributed by atoms with Crippen LogP contribution in [0.2, 0.25) is 0 Å². The van der Waals surface area contributed by atoms with Crippen LogP contribution < -0.4 is 5.56 Å². The van der Waals surface area contributed by atoms with Crippen LogP contribution in [0.5, 0.6) is 0 Å². The van der Waals surface area contributed by atoms with Crippen molar-refractivity contribution in [3.05, 3.63) is 105 Å². The van der Waals surface area contributed by atoms with Gasteiger partial charge in [-0.05, 0) is 48.0 Å². The van der Waals surface area contributed by atoms with E-state index in [1.807, 2.05) is 12.1 Å². The van der Waals surface area contributed by atoms with Crippen molar-refractivity contribution >= 4 is 32.7 Å². The first-order valence-electron chi connectivity index (χ1n) is 10.0. The fraction of sp³-hybridized carbons (Fsp3) is 0.167. The van der Waals surface area contributed by atoms with Crippen molar-refractivity contribution in [3.63, 3.8) is 0 Å². The number of benzene rings is 2. The highest BCUT2D eigenvalue weighted by atomic mass is 79.9. The van der Waals surface area contributed by atoms with E-state index in [0.717, 1.165) is 4.47 Å². The molecule has 0 radical (unpaired) electrons. The zero-order chi connectivity index (χ0) is 22.7. The molecule has 0 N–H and O–H groups in total. The van der Waals surface area contributed by atoms with Crippen molar-refractivity contribution in [2.24, 2.45) is 0 Å². The van der Waals surface area contributed by atoms with Crippen LogP contribution in [0.1, 0.15) is 23.7 Å². The minimum Gasteiger partial charge on any atom is -0.333 e. The highest BCUT2D eigenvalue weighted by Gasteiger charge is 2.25. The van der Waals surface area contributed by atoms with Gasteiger partial charge in [0.1, 0.15) is 5.82 Å². The second-order valence-electron chi connectivity index (χ2n) is 7.37. The predicted octanol–water partition coefficient (Wildman–Crippen LogP) is 4.33. The van der Waals surface area contributed by atoms with Gasteiger partial charge >= 0.3 is 0 Å². The Morgan fingerprint density at radius 2 is 1.97 bits per heavy atom. The SMILES string of the molecule is CN(C(=O)CCn1cnc2ccc(Br)cc2c1=O)[C@@H](c1cccc(F)c1)c1ccccn1. The summed E-state index contributed by atoms with van der Waals surface area (Å²) in [7, 11) is 1.66. The molecule has 162 valence electrons. The zero-order valence-corrected chi connectivity index (χ0v) is 18.9. The monoisotopic (exact) mass is 494 g/mol. The van der Waals surface area contributed by atoms with Gasteiger partial charge in [-0.25, -0.2) is 9.37 Å². The smallest absolute Gasteiger partial charge is 0.261 e. The number of pyridine rings is 1. The summed E-state index contributed by atoms with van der Waals surface area (Å²) in [5.41, 5.74) is 1.63. The van der Waals surface area contributed by atoms with Crippen molar-refractivity contribution in [1.82, 2.24) is 19.4 Å². The van der Waals surface area contributed by atoms with Gasteiger partial charge in [0.25, 0.3) is 5.56 Å². The van der Waals surface area contributed by atoms with Crippen LogP contribution >= 0.6 is 15.9 Å². The van der Waals surface area contributed by atoms with Crippen molar-refractivity contribution in [1.29, 1.82) is 0 Å². The van der Waals surface area contributed by atoms with Crippen LogP contribution in [-0.2, 0) is 11.3 Å². The molecule has 2 aromatic heterocycles. The van der Waals surface area contributed by atoms with Crippen molar-refractivity contribution < 1.29 is 9.18 Å². The number of amides is 1. The number of hydrogen-bond donors (Lipinski definition) is 0. The number of fused-ring (bicyclic) bond motifs is 1. The fourth-order valence-electron chi connectivity index (χ4n) is 3.63. The van der Waals surface area contributed by atoms with Gasteiger partial charge < -0.3 is 4.90 Å². The number of hydrogen-bond acceptors (Lipinski definition) is 4. The Labute approximate surface area is 192 Å². The predicted molar refractivity (Wildman–Crippen MR) is 124 cm³/mol. The molecule has 2 heterocycles. The number of aromatic nitrogens is 3. The third-order valence-electron chi connectivity index (χ3n) is 5.27. The minimum absolute atomic E-state index is 0.0796. The largest absolute Gasteiger partial charge is 0.333 e. The molecule has 4 rings (SSSR count). The molecule has 1 atom stereocenters. The Morgan fingerprint density at radius 1 is 1.12 bits per heavy atom. The summed E-state index contributed by atoms with van der Waals surface area (Å²) in [5.74, 6) is -0.588. The number of aryl methyl sites for hydroxylation is 1. The molecule has 0 saturated carbocycles. The van der Waals surface area contributed by atoms with Crippen LogP contribution in [0.25, 0.3) is 10.9 Å². The Morgan fingerprint density at radius 3 is 2.72 bits per heavy atom. The maximum atomic E-state index is 13.9. The van der Waals surface area contributed by atoms with Crippen LogP contribution in [0.4, 0.5) is 4.39 Å². The molecule has 6 nitrogen and oxygen atoms in total. The quantitative estimate of drug-likeness (QED) is 0.400. The lowest BCUT2D eigenvalue weighted by atomic mass is 10.0. The standard InChI is InChI=1S/C24H20BrFN4O2/c1-29(23(21-7-2-3-11-27-21)16-5-4-6-18(26)13-16)22(31)10-12-30-15-28-20-9-8-17(25)14-19(20)24(30)32/h2-9,11,13-15,23H,10,12H2,1H3/t23-/m0/s1. The third-order valence-corrected chi connectivity index (χ3v) is 5.76. The Kier molecular flexibility index (Phi) is 6.41. The van der Waals surface area contributed by atoms with Crippen LogP contribution in [0, 0.1) is 5.82 Å². The summed E-state index contributed by atoms with van der Waals surface area (Å²) in [6.07, 6.45) is 3.17. The summed E-state index contributed by atoms with van der Waals surface area (Å²) >= 11 is 3.37. The van der Waals surface area contributed by atoms with E-state index in [1.54, 1.807) is 49.6 Å². The second kappa shape index (κ2) is 9.40. The van der Waals surface area contributed by atoms with E-state index in [4.69, 9.17) is 0 Å². The normalized spacial score (nSPS) is 12.0. The molecule has 0 fully saturated rings. The maximum absolute atomic E-state index is 13.9. The summed E-state index contributed by atoms with van der Waals surface area (Å²) in [6, 6.07) is 16.3. The highest BCUT2D eigenvalue weighted by molar-refractivity contribution is 9.10. The molecule has 0 unspecified atom stereocenters. The van der Waals surface area contributed by atoms with Gasteiger partial charge in [-0.1, -0.05) is 34.1 Å². The molecule has 0 bridgehead atoms. The second-order valence-corrected chi connectivity index (χ2v) is 8.29. The van der Waals surface area contributed by atoms with E-state index in [9.17, 15) is 14.0 Å². The molecular weight excluding hydrogens is 475 g/mol. The van der Waals surface area contributed by atoms with Gasteiger partial charge in [0.2, 0.25) is 5.91 Å². The minimum atomic E-state index is -0.554. The van der Waals surface area contributed by atoms with Gasteiger partial charge in [0, 0.05) is 30.7 Å². The van der Waals surface area contributed by atoms with Gasteiger partial charge in [-0.2, -0.15) is 0 Å². The molecule has 1 amide bonds. The van der Waals surface area contributed by atoms with E-state index in [-0.39, 0.29) is 30.2 Å². The van der Waals surface area contributed by atoms with E-state index in [2.05, 4.69) is 25.9 Å². The van der Waals surface area contributed by atoms with Crippen molar-refractivity contribution in [2.75, 3.05) is 7.05 Å². The number of nitrogens with zero attached hydrogens (tertiary/aromatic N) is 4. The summed E-state index contributed by atoms with van der Waals surface area (Å²) in [6.45, 7) is 0.176. The van der Waals surface area contributed by atoms with E-state index in [0.29, 0.717) is 22.2 Å². The van der Waals surface area contributed by atoms with Crippen LogP contribution in [0.3, 0.4) is 0 Å². The summed E-state index contributed by atoms with van der Waals surface area (Å²) < 4.78 is 16.1. The molecule has 4 aromatic rings. The number of carbonyl (C=O) groups excluding carboxylic acids is 1. The van der Waals surface area contributed by atoms with Crippen molar-refractivity contribution in [3.8, 4) is 0 Å². The molecule has 0 saturated heterocycles. The molecule has 8 heteroatoms. The zero-order valence-electron chi connectivity index (χ0n) is 17.3. The van der Waals surface area contributed by atoms with Gasteiger partial charge in [-0.15, -0.1) is 0 Å². The molecule has 0 aliphatic heterocycles. The van der Waals surface area contributed by atoms with Crippen LogP contribution in [0.15, 0.2) is 82.5 Å². The maximum Gasteiger partial charge on any atom is 0.261 e. The number of carbonyl (C=O) groups is 1. The summed E-state index contributed by atoms with van der Waals surface area (Å²) in [5, 5.41) is 0.480. The molecule has 0 aliphatic carbocycles. The topological polar surface area (TPSA) is 68.1 Å². The molecule has 2 aromatic carbocycles. The lowest BCUT2D eigenvalue weighted by Gasteiger charge is -2.28. The Balaban J connectivity index is 1.58. The van der Waals surface area contributed by atoms with Gasteiger partial charge in [0.15, 0.2) is 0 Å².